The van der Waals surface area contributed by atoms with Gasteiger partial charge in [0.1, 0.15) is 12.1 Å². The standard InChI is InChI=1S/C34H37F3N6O2S/c1-3-7-26-12-9-24(2)22-30(26)42-20-6-21-46-33(42)40-32(44)38-19-5-4-8-25-10-13-27(14-11-25)31-39-23-43(41-31)28-15-17-29(18-16-28)45-34(35,36)37/h9-18,22-23H,3-8,19-21H2,1-2H3,(H,38,44). The van der Waals surface area contributed by atoms with Crippen LogP contribution in [0.4, 0.5) is 23.7 Å². The zero-order valence-corrected chi connectivity index (χ0v) is 26.7. The van der Waals surface area contributed by atoms with Crippen molar-refractivity contribution >= 4 is 28.6 Å². The van der Waals surface area contributed by atoms with Crippen molar-refractivity contribution in [1.29, 1.82) is 0 Å². The third-order valence-corrected chi connectivity index (χ3v) is 8.51. The highest BCUT2D eigenvalue weighted by atomic mass is 32.2. The molecule has 0 bridgehead atoms. The second kappa shape index (κ2) is 15.3. The molecule has 5 rings (SSSR count). The molecule has 1 aliphatic rings. The fourth-order valence-electron chi connectivity index (χ4n) is 5.20. The van der Waals surface area contributed by atoms with Crippen LogP contribution >= 0.6 is 11.8 Å². The maximum Gasteiger partial charge on any atom is 0.573 e. The number of amides is 2. The molecule has 242 valence electrons. The highest BCUT2D eigenvalue weighted by molar-refractivity contribution is 8.14. The van der Waals surface area contributed by atoms with Crippen molar-refractivity contribution in [2.75, 3.05) is 23.7 Å². The van der Waals surface area contributed by atoms with Crippen molar-refractivity contribution in [2.45, 2.75) is 58.7 Å². The average molecular weight is 651 g/mol. The largest absolute Gasteiger partial charge is 0.573 e. The average Bonchev–Trinajstić information content (AvgIpc) is 3.53. The molecule has 3 aromatic carbocycles. The first-order chi connectivity index (χ1) is 22.2. The van der Waals surface area contributed by atoms with Gasteiger partial charge >= 0.3 is 12.4 Å². The van der Waals surface area contributed by atoms with Gasteiger partial charge in [-0.1, -0.05) is 61.5 Å². The van der Waals surface area contributed by atoms with Crippen LogP contribution in [0.25, 0.3) is 17.1 Å². The minimum absolute atomic E-state index is 0.298. The predicted molar refractivity (Wildman–Crippen MR) is 177 cm³/mol. The Balaban J connectivity index is 1.09. The summed E-state index contributed by atoms with van der Waals surface area (Å²) in [6.45, 7) is 5.67. The summed E-state index contributed by atoms with van der Waals surface area (Å²) >= 11 is 1.64. The number of carbonyl (C=O) groups is 1. The molecular weight excluding hydrogens is 613 g/mol. The Kier molecular flexibility index (Phi) is 11.0. The van der Waals surface area contributed by atoms with Gasteiger partial charge in [0.15, 0.2) is 11.0 Å². The summed E-state index contributed by atoms with van der Waals surface area (Å²) < 4.78 is 42.6. The van der Waals surface area contributed by atoms with Crippen molar-refractivity contribution in [3.63, 3.8) is 0 Å². The smallest absolute Gasteiger partial charge is 0.406 e. The van der Waals surface area contributed by atoms with E-state index in [0.29, 0.717) is 18.1 Å². The molecule has 2 amide bonds. The maximum absolute atomic E-state index is 12.7. The number of nitrogens with one attached hydrogen (secondary N) is 1. The number of nitrogens with zero attached hydrogens (tertiary/aromatic N) is 5. The van der Waals surface area contributed by atoms with Crippen molar-refractivity contribution in [3.05, 3.63) is 89.7 Å². The molecule has 0 radical (unpaired) electrons. The number of rotatable bonds is 11. The van der Waals surface area contributed by atoms with Gasteiger partial charge in [-0.05, 0) is 86.1 Å². The van der Waals surface area contributed by atoms with Gasteiger partial charge in [-0.25, -0.2) is 14.5 Å². The number of thioether (sulfide) groups is 1. The number of unbranched alkanes of at least 4 members (excludes halogenated alkanes) is 1. The van der Waals surface area contributed by atoms with Crippen molar-refractivity contribution < 1.29 is 22.7 Å². The zero-order chi connectivity index (χ0) is 32.5. The van der Waals surface area contributed by atoms with E-state index >= 15 is 0 Å². The van der Waals surface area contributed by atoms with Crippen LogP contribution in [0.2, 0.25) is 0 Å². The summed E-state index contributed by atoms with van der Waals surface area (Å²) in [5.41, 5.74) is 6.18. The van der Waals surface area contributed by atoms with Gasteiger partial charge in [0.05, 0.1) is 5.69 Å². The first kappa shape index (κ1) is 33.1. The van der Waals surface area contributed by atoms with E-state index in [1.54, 1.807) is 11.8 Å². The summed E-state index contributed by atoms with van der Waals surface area (Å²) in [7, 11) is 0. The monoisotopic (exact) mass is 650 g/mol. The third-order valence-electron chi connectivity index (χ3n) is 7.44. The van der Waals surface area contributed by atoms with Crippen LogP contribution in [-0.4, -0.2) is 51.2 Å². The van der Waals surface area contributed by atoms with E-state index in [4.69, 9.17) is 0 Å². The van der Waals surface area contributed by atoms with E-state index in [-0.39, 0.29) is 11.8 Å². The van der Waals surface area contributed by atoms with Crippen molar-refractivity contribution in [2.24, 2.45) is 4.99 Å². The lowest BCUT2D eigenvalue weighted by molar-refractivity contribution is -0.274. The first-order valence-electron chi connectivity index (χ1n) is 15.4. The number of hydrogen-bond donors (Lipinski definition) is 1. The molecule has 46 heavy (non-hydrogen) atoms. The van der Waals surface area contributed by atoms with E-state index in [1.165, 1.54) is 46.4 Å². The van der Waals surface area contributed by atoms with E-state index < -0.39 is 6.36 Å². The fourth-order valence-corrected chi connectivity index (χ4v) is 6.15. The molecule has 1 N–H and O–H groups in total. The molecule has 1 saturated heterocycles. The molecule has 0 aliphatic carbocycles. The topological polar surface area (TPSA) is 84.6 Å². The van der Waals surface area contributed by atoms with Gasteiger partial charge in [0.25, 0.3) is 0 Å². The minimum Gasteiger partial charge on any atom is -0.406 e. The van der Waals surface area contributed by atoms with Gasteiger partial charge < -0.3 is 15.0 Å². The first-order valence-corrected chi connectivity index (χ1v) is 16.4. The molecule has 12 heteroatoms. The highest BCUT2D eigenvalue weighted by Crippen LogP contribution is 2.30. The molecule has 0 saturated carbocycles. The lowest BCUT2D eigenvalue weighted by Crippen LogP contribution is -2.36. The van der Waals surface area contributed by atoms with E-state index in [1.807, 2.05) is 24.3 Å². The number of halogens is 3. The van der Waals surface area contributed by atoms with Gasteiger partial charge in [0.2, 0.25) is 0 Å². The SMILES string of the molecule is CCCc1ccc(C)cc1N1CCCSC1=NC(=O)NCCCCc1ccc(-c2ncn(-c3ccc(OC(F)(F)F)cc3)n2)cc1. The van der Waals surface area contributed by atoms with Crippen LogP contribution in [0, 0.1) is 6.92 Å². The molecular formula is C34H37F3N6O2S. The van der Waals surface area contributed by atoms with Crippen LogP contribution < -0.4 is 15.0 Å². The molecule has 0 spiro atoms. The number of alkyl halides is 3. The van der Waals surface area contributed by atoms with E-state index in [9.17, 15) is 18.0 Å². The number of urea groups is 1. The number of amidine groups is 1. The number of aromatic nitrogens is 3. The van der Waals surface area contributed by atoms with Gasteiger partial charge in [-0.15, -0.1) is 18.3 Å². The van der Waals surface area contributed by atoms with Gasteiger partial charge in [-0.3, -0.25) is 0 Å². The number of hydrogen-bond acceptors (Lipinski definition) is 5. The summed E-state index contributed by atoms with van der Waals surface area (Å²) in [6, 6.07) is 19.6. The van der Waals surface area contributed by atoms with Gasteiger partial charge in [-0.2, -0.15) is 4.99 Å². The minimum atomic E-state index is -4.74. The second-order valence-corrected chi connectivity index (χ2v) is 12.1. The number of aliphatic imine (C=N–C) groups is 1. The quantitative estimate of drug-likeness (QED) is 0.165. The van der Waals surface area contributed by atoms with Crippen molar-refractivity contribution in [1.82, 2.24) is 20.1 Å². The number of ether oxygens (including phenoxy) is 1. The molecule has 2 heterocycles. The maximum atomic E-state index is 12.7. The number of carbonyl (C=O) groups excluding carboxylic acids is 1. The zero-order valence-electron chi connectivity index (χ0n) is 25.9. The molecule has 1 aliphatic heterocycles. The highest BCUT2D eigenvalue weighted by Gasteiger charge is 2.31. The molecule has 4 aromatic rings. The normalized spacial score (nSPS) is 14.5. The van der Waals surface area contributed by atoms with Crippen LogP contribution in [0.5, 0.6) is 5.75 Å². The van der Waals surface area contributed by atoms with E-state index in [2.05, 4.69) is 62.1 Å². The number of aryl methyl sites for hydroxylation is 3. The molecule has 1 fully saturated rings. The second-order valence-electron chi connectivity index (χ2n) is 11.1. The number of anilines is 1. The lowest BCUT2D eigenvalue weighted by Gasteiger charge is -2.31. The molecule has 8 nitrogen and oxygen atoms in total. The third kappa shape index (κ3) is 9.12. The number of benzene rings is 3. The van der Waals surface area contributed by atoms with Crippen LogP contribution in [0.15, 0.2) is 78.0 Å². The van der Waals surface area contributed by atoms with Crippen LogP contribution in [0.3, 0.4) is 0 Å². The Bertz CT molecular complexity index is 1640. The summed E-state index contributed by atoms with van der Waals surface area (Å²) in [6.07, 6.45) is 2.46. The van der Waals surface area contributed by atoms with E-state index in [0.717, 1.165) is 72.8 Å². The Hall–Kier alpha value is -4.32. The molecule has 1 aromatic heterocycles. The lowest BCUT2D eigenvalue weighted by atomic mass is 10.0. The molecule has 0 atom stereocenters. The van der Waals surface area contributed by atoms with Crippen LogP contribution in [-0.2, 0) is 12.8 Å². The predicted octanol–water partition coefficient (Wildman–Crippen LogP) is 8.13. The van der Waals surface area contributed by atoms with Crippen LogP contribution in [0.1, 0.15) is 49.3 Å². The van der Waals surface area contributed by atoms with Gasteiger partial charge in [0, 0.05) is 30.1 Å². The summed E-state index contributed by atoms with van der Waals surface area (Å²) in [5, 5.41) is 8.17. The van der Waals surface area contributed by atoms with Crippen molar-refractivity contribution in [3.8, 4) is 22.8 Å². The Morgan fingerprint density at radius 2 is 1.83 bits per heavy atom. The summed E-state index contributed by atoms with van der Waals surface area (Å²) in [4.78, 5) is 23.7. The Morgan fingerprint density at radius 1 is 1.04 bits per heavy atom. The summed E-state index contributed by atoms with van der Waals surface area (Å²) in [5.74, 6) is 1.16. The Morgan fingerprint density at radius 3 is 2.57 bits per heavy atom. The molecule has 0 unspecified atom stereocenters. The fraction of sp³-hybridized carbons (Fsp3) is 0.353. The Labute approximate surface area is 271 Å².